The maximum absolute atomic E-state index is 7.84. The summed E-state index contributed by atoms with van der Waals surface area (Å²) in [6.45, 7) is 9.65. The van der Waals surface area contributed by atoms with Gasteiger partial charge in [0.25, 0.3) is 0 Å². The second-order valence-electron chi connectivity index (χ2n) is 10.2. The van der Waals surface area contributed by atoms with Crippen LogP contribution in [0.25, 0.3) is 31.4 Å². The van der Waals surface area contributed by atoms with Crippen LogP contribution in [-0.2, 0) is 26.5 Å². The van der Waals surface area contributed by atoms with Crippen molar-refractivity contribution in [2.45, 2.75) is 40.0 Å². The Morgan fingerprint density at radius 2 is 1.89 bits per heavy atom. The van der Waals surface area contributed by atoms with Crippen molar-refractivity contribution < 1.29 is 29.9 Å². The van der Waals surface area contributed by atoms with Gasteiger partial charge in [0.2, 0.25) is 0 Å². The molecule has 0 aliphatic carbocycles. The molecule has 7 heteroatoms. The molecule has 0 saturated heterocycles. The van der Waals surface area contributed by atoms with Crippen LogP contribution in [0.1, 0.15) is 44.3 Å². The molecule has 2 aromatic carbocycles. The molecule has 6 rings (SSSR count). The molecule has 0 bridgehead atoms. The number of hydrogen-bond acceptors (Lipinski definition) is 6. The summed E-state index contributed by atoms with van der Waals surface area (Å²) in [4.78, 5) is 7.86. The molecule has 0 saturated carbocycles. The van der Waals surface area contributed by atoms with Crippen molar-refractivity contribution >= 4 is 48.5 Å². The number of ether oxygens (including phenoxy) is 1. The van der Waals surface area contributed by atoms with E-state index >= 15 is 0 Å². The minimum atomic E-state index is -2.26. The summed E-state index contributed by atoms with van der Waals surface area (Å²) in [5.41, 5.74) is 5.39. The van der Waals surface area contributed by atoms with Gasteiger partial charge in [0, 0.05) is 48.5 Å². The van der Waals surface area contributed by atoms with Gasteiger partial charge in [-0.15, -0.1) is 36.0 Å². The Bertz CT molecular complexity index is 1790. The van der Waals surface area contributed by atoms with E-state index in [2.05, 4.69) is 62.5 Å². The molecule has 4 heterocycles. The normalized spacial score (nSPS) is 15.6. The van der Waals surface area contributed by atoms with Crippen LogP contribution in [0.2, 0.25) is 0 Å². The maximum atomic E-state index is 7.84. The third kappa shape index (κ3) is 4.79. The zero-order valence-corrected chi connectivity index (χ0v) is 25.6. The number of pyridine rings is 1. The van der Waals surface area contributed by atoms with Gasteiger partial charge in [-0.1, -0.05) is 31.0 Å². The van der Waals surface area contributed by atoms with E-state index in [1.807, 2.05) is 36.2 Å². The first-order valence-corrected chi connectivity index (χ1v) is 13.7. The van der Waals surface area contributed by atoms with Crippen molar-refractivity contribution in [3.8, 4) is 22.1 Å². The van der Waals surface area contributed by atoms with E-state index in [9.17, 15) is 0 Å². The van der Waals surface area contributed by atoms with Gasteiger partial charge >= 0.3 is 0 Å². The molecule has 0 spiro atoms. The molecule has 0 atom stereocenters. The van der Waals surface area contributed by atoms with Crippen LogP contribution in [0.5, 0.6) is 10.8 Å². The van der Waals surface area contributed by atoms with Crippen molar-refractivity contribution in [3.63, 3.8) is 0 Å². The number of nitrogens with zero attached hydrogens (tertiary/aromatic N) is 3. The molecular weight excluding hydrogens is 690 g/mol. The number of allylic oxidation sites excluding steroid dienone is 2. The number of aromatic nitrogens is 1. The van der Waals surface area contributed by atoms with Crippen LogP contribution in [0.3, 0.4) is 0 Å². The van der Waals surface area contributed by atoms with Crippen molar-refractivity contribution in [2.24, 2.45) is 0 Å². The SMILES string of the molecule is [2H]C([2H])([2H])N1[CH-]N(c2[c-]c(Oc3[c-]c4c(-c5cc(C(C)(C)C)ccn5)cc5ccsc5c4s3)ccc2)C(C)=C1C.[Pt]. The summed E-state index contributed by atoms with van der Waals surface area (Å²) in [5.74, 6) is 0.531. The Kier molecular flexibility index (Phi) is 6.21. The summed E-state index contributed by atoms with van der Waals surface area (Å²) in [6.07, 6.45) is 1.88. The van der Waals surface area contributed by atoms with Gasteiger partial charge in [0.1, 0.15) is 5.06 Å². The Balaban J connectivity index is 0.00000337. The van der Waals surface area contributed by atoms with Crippen molar-refractivity contribution in [3.05, 3.63) is 89.8 Å². The van der Waals surface area contributed by atoms with E-state index in [0.29, 0.717) is 22.2 Å². The Hall–Kier alpha value is -2.66. The monoisotopic (exact) mass is 720 g/mol. The van der Waals surface area contributed by atoms with E-state index in [0.717, 1.165) is 27.0 Å². The fourth-order valence-corrected chi connectivity index (χ4v) is 6.47. The molecule has 3 aromatic heterocycles. The number of hydrogen-bond donors (Lipinski definition) is 0. The number of anilines is 1. The Labute approximate surface area is 251 Å². The standard InChI is InChI=1S/C31H28N3OS2.Pt/c1-19-20(2)34(18-33(19)6)23-8-7-9-24(16-23)35-28-17-26-25(14-21-11-13-36-29(21)30(26)37-28)27-15-22(10-12-32-27)31(3,4)5;/h7-15,18H,1-6H3;/q-3;/i6D3;. The van der Waals surface area contributed by atoms with Crippen LogP contribution >= 0.6 is 22.7 Å². The molecule has 38 heavy (non-hydrogen) atoms. The first-order valence-electron chi connectivity index (χ1n) is 13.5. The topological polar surface area (TPSA) is 28.6 Å². The van der Waals surface area contributed by atoms with E-state index < -0.39 is 6.98 Å². The van der Waals surface area contributed by atoms with Crippen LogP contribution in [0, 0.1) is 18.8 Å². The minimum absolute atomic E-state index is 0. The van der Waals surface area contributed by atoms with Crippen molar-refractivity contribution in [1.29, 1.82) is 0 Å². The molecular formula is C31H28N3OPtS2-3. The third-order valence-corrected chi connectivity index (χ3v) is 8.77. The quantitative estimate of drug-likeness (QED) is 0.174. The fourth-order valence-electron chi connectivity index (χ4n) is 4.43. The number of fused-ring (bicyclic) bond motifs is 3. The molecule has 0 fully saturated rings. The second kappa shape index (κ2) is 10.1. The predicted octanol–water partition coefficient (Wildman–Crippen LogP) is 8.99. The molecule has 0 unspecified atom stereocenters. The summed E-state index contributed by atoms with van der Waals surface area (Å²) >= 11 is 3.27. The second-order valence-corrected chi connectivity index (χ2v) is 12.1. The molecule has 1 aliphatic heterocycles. The largest absolute Gasteiger partial charge is 0.508 e. The van der Waals surface area contributed by atoms with Crippen molar-refractivity contribution in [2.75, 3.05) is 11.9 Å². The average molecular weight is 721 g/mol. The third-order valence-electron chi connectivity index (χ3n) is 6.71. The van der Waals surface area contributed by atoms with Crippen LogP contribution in [0.4, 0.5) is 5.69 Å². The zero-order chi connectivity index (χ0) is 28.4. The van der Waals surface area contributed by atoms with E-state index in [1.165, 1.54) is 20.5 Å². The van der Waals surface area contributed by atoms with Gasteiger partial charge in [-0.05, 0) is 71.2 Å². The Morgan fingerprint density at radius 1 is 1.05 bits per heavy atom. The fraction of sp³-hybridized carbons (Fsp3) is 0.226. The van der Waals surface area contributed by atoms with Crippen LogP contribution in [0.15, 0.2) is 65.4 Å². The molecule has 5 aromatic rings. The molecule has 0 amide bonds. The van der Waals surface area contributed by atoms with Gasteiger partial charge in [0.05, 0.1) is 0 Å². The van der Waals surface area contributed by atoms with Gasteiger partial charge in [-0.3, -0.25) is 4.98 Å². The number of rotatable bonds is 4. The van der Waals surface area contributed by atoms with Gasteiger partial charge in [-0.25, -0.2) is 0 Å². The molecule has 0 N–H and O–H groups in total. The van der Waals surface area contributed by atoms with Crippen molar-refractivity contribution in [1.82, 2.24) is 9.88 Å². The minimum Gasteiger partial charge on any atom is -0.508 e. The average Bonchev–Trinajstić information content (AvgIpc) is 3.60. The first-order chi connectivity index (χ1) is 18.9. The first kappa shape index (κ1) is 23.2. The van der Waals surface area contributed by atoms with Gasteiger partial charge < -0.3 is 14.5 Å². The number of thiophene rings is 2. The van der Waals surface area contributed by atoms with Crippen LogP contribution < -0.4 is 9.64 Å². The van der Waals surface area contributed by atoms with Gasteiger partial charge in [0.15, 0.2) is 0 Å². The van der Waals surface area contributed by atoms with E-state index in [-0.39, 0.29) is 26.5 Å². The van der Waals surface area contributed by atoms with Gasteiger partial charge in [-0.2, -0.15) is 40.8 Å². The maximum Gasteiger partial charge on any atom is 0.108 e. The summed E-state index contributed by atoms with van der Waals surface area (Å²) in [5, 5.41) is 4.90. The Morgan fingerprint density at radius 3 is 2.66 bits per heavy atom. The predicted molar refractivity (Wildman–Crippen MR) is 156 cm³/mol. The smallest absolute Gasteiger partial charge is 0.108 e. The molecule has 1 aliphatic rings. The summed E-state index contributed by atoms with van der Waals surface area (Å²) < 4.78 is 32.2. The number of benzene rings is 2. The molecule has 0 radical (unpaired) electrons. The van der Waals surface area contributed by atoms with E-state index in [1.54, 1.807) is 36.3 Å². The molecule has 198 valence electrons. The summed E-state index contributed by atoms with van der Waals surface area (Å²) in [6, 6.07) is 21.0. The zero-order valence-electron chi connectivity index (χ0n) is 24.7. The van der Waals surface area contributed by atoms with E-state index in [4.69, 9.17) is 13.8 Å². The molecule has 4 nitrogen and oxygen atoms in total. The van der Waals surface area contributed by atoms with Crippen LogP contribution in [-0.4, -0.2) is 16.9 Å². The summed E-state index contributed by atoms with van der Waals surface area (Å²) in [7, 11) is 0.